The van der Waals surface area contributed by atoms with Crippen molar-refractivity contribution in [1.29, 1.82) is 0 Å². The number of aromatic nitrogens is 1. The van der Waals surface area contributed by atoms with Crippen LogP contribution >= 0.6 is 11.3 Å². The Morgan fingerprint density at radius 2 is 1.77 bits per heavy atom. The first-order valence-electron chi connectivity index (χ1n) is 10.8. The molecule has 2 amide bonds. The summed E-state index contributed by atoms with van der Waals surface area (Å²) in [5, 5.41) is 6.81. The topological polar surface area (TPSA) is 97.1 Å². The number of hydrogen-bond acceptors (Lipinski definition) is 5. The van der Waals surface area contributed by atoms with Crippen LogP contribution in [-0.4, -0.2) is 35.4 Å². The number of fused-ring (bicyclic) bond motifs is 1. The van der Waals surface area contributed by atoms with E-state index in [4.69, 9.17) is 10.7 Å². The van der Waals surface area contributed by atoms with E-state index in [0.717, 1.165) is 21.6 Å². The Bertz CT molecular complexity index is 862. The number of rotatable bonds is 10. The lowest BCUT2D eigenvalue weighted by atomic mass is 9.99. The van der Waals surface area contributed by atoms with Gasteiger partial charge < -0.3 is 16.4 Å². The van der Waals surface area contributed by atoms with Gasteiger partial charge in [0.25, 0.3) is 0 Å². The van der Waals surface area contributed by atoms with Crippen LogP contribution in [0, 0.1) is 11.8 Å². The van der Waals surface area contributed by atoms with Gasteiger partial charge in [0.2, 0.25) is 11.8 Å². The standard InChI is InChI=1S/C23H36N4O2S/c1-13(2)17-7-8-18-20(11-17)30-21(26-18)12-19(27-22(28)14(3)4)23(29)25-16(6)15(5)9-10-24/h7-8,11,13-16,19H,9-10,12,24H2,1-6H3,(H,25,29)(H,27,28)/t15-,16-,19-/m0/s1. The number of hydrogen-bond donors (Lipinski definition) is 3. The highest BCUT2D eigenvalue weighted by molar-refractivity contribution is 7.18. The Kier molecular flexibility index (Phi) is 8.79. The van der Waals surface area contributed by atoms with Crippen LogP contribution in [0.4, 0.5) is 0 Å². The molecule has 6 nitrogen and oxygen atoms in total. The minimum absolute atomic E-state index is 0.0246. The molecule has 2 aromatic rings. The van der Waals surface area contributed by atoms with Crippen molar-refractivity contribution in [3.63, 3.8) is 0 Å². The third kappa shape index (κ3) is 6.51. The number of benzene rings is 1. The fourth-order valence-electron chi connectivity index (χ4n) is 3.14. The molecule has 2 rings (SSSR count). The molecule has 0 unspecified atom stereocenters. The normalized spacial score (nSPS) is 14.7. The molecule has 4 N–H and O–H groups in total. The summed E-state index contributed by atoms with van der Waals surface area (Å²) < 4.78 is 1.11. The number of thiazole rings is 1. The summed E-state index contributed by atoms with van der Waals surface area (Å²) in [5.41, 5.74) is 7.84. The molecule has 0 aliphatic carbocycles. The minimum Gasteiger partial charge on any atom is -0.352 e. The highest BCUT2D eigenvalue weighted by atomic mass is 32.1. The molecule has 0 aliphatic heterocycles. The number of carbonyl (C=O) groups is 2. The second-order valence-electron chi connectivity index (χ2n) is 8.76. The quantitative estimate of drug-likeness (QED) is 0.534. The van der Waals surface area contributed by atoms with Crippen LogP contribution in [0.3, 0.4) is 0 Å². The van der Waals surface area contributed by atoms with Gasteiger partial charge in [0, 0.05) is 18.4 Å². The average molecular weight is 433 g/mol. The summed E-state index contributed by atoms with van der Waals surface area (Å²) in [7, 11) is 0. The second kappa shape index (κ2) is 10.9. The summed E-state index contributed by atoms with van der Waals surface area (Å²) in [6.45, 7) is 12.6. The molecule has 0 bridgehead atoms. The Hall–Kier alpha value is -1.99. The Labute approximate surface area is 184 Å². The zero-order chi connectivity index (χ0) is 22.4. The molecule has 0 fully saturated rings. The molecular formula is C23H36N4O2S. The summed E-state index contributed by atoms with van der Waals surface area (Å²) >= 11 is 1.58. The molecule has 1 aromatic heterocycles. The van der Waals surface area contributed by atoms with Crippen LogP contribution in [0.1, 0.15) is 64.5 Å². The van der Waals surface area contributed by atoms with E-state index in [2.05, 4.69) is 43.5 Å². The molecule has 7 heteroatoms. The van der Waals surface area contributed by atoms with Gasteiger partial charge in [0.15, 0.2) is 0 Å². The van der Waals surface area contributed by atoms with Crippen LogP contribution in [0.25, 0.3) is 10.2 Å². The van der Waals surface area contributed by atoms with E-state index in [1.807, 2.05) is 26.8 Å². The predicted octanol–water partition coefficient (Wildman–Crippen LogP) is 3.59. The third-order valence-corrected chi connectivity index (χ3v) is 6.55. The van der Waals surface area contributed by atoms with Crippen molar-refractivity contribution in [2.75, 3.05) is 6.54 Å². The van der Waals surface area contributed by atoms with Crippen LogP contribution in [0.5, 0.6) is 0 Å². The van der Waals surface area contributed by atoms with Gasteiger partial charge >= 0.3 is 0 Å². The van der Waals surface area contributed by atoms with Crippen molar-refractivity contribution in [3.8, 4) is 0 Å². The zero-order valence-corrected chi connectivity index (χ0v) is 19.8. The van der Waals surface area contributed by atoms with E-state index >= 15 is 0 Å². The van der Waals surface area contributed by atoms with Crippen LogP contribution in [0.2, 0.25) is 0 Å². The fourth-order valence-corrected chi connectivity index (χ4v) is 4.20. The highest BCUT2D eigenvalue weighted by Gasteiger charge is 2.26. The smallest absolute Gasteiger partial charge is 0.243 e. The minimum atomic E-state index is -0.655. The van der Waals surface area contributed by atoms with Crippen molar-refractivity contribution < 1.29 is 9.59 Å². The van der Waals surface area contributed by atoms with Gasteiger partial charge in [0.05, 0.1) is 15.2 Å². The predicted molar refractivity (Wildman–Crippen MR) is 125 cm³/mol. The molecule has 0 spiro atoms. The average Bonchev–Trinajstić information content (AvgIpc) is 3.08. The van der Waals surface area contributed by atoms with Crippen LogP contribution in [0.15, 0.2) is 18.2 Å². The van der Waals surface area contributed by atoms with Crippen molar-refractivity contribution in [2.24, 2.45) is 17.6 Å². The maximum absolute atomic E-state index is 13.0. The number of amides is 2. The summed E-state index contributed by atoms with van der Waals surface area (Å²) in [4.78, 5) is 30.0. The first-order valence-corrected chi connectivity index (χ1v) is 11.6. The molecule has 1 aromatic carbocycles. The van der Waals surface area contributed by atoms with Gasteiger partial charge in [-0.15, -0.1) is 11.3 Å². The van der Waals surface area contributed by atoms with Crippen LogP contribution in [-0.2, 0) is 16.0 Å². The monoisotopic (exact) mass is 432 g/mol. The van der Waals surface area contributed by atoms with Gasteiger partial charge in [-0.05, 0) is 49.4 Å². The molecule has 30 heavy (non-hydrogen) atoms. The van der Waals surface area contributed by atoms with E-state index < -0.39 is 6.04 Å². The number of carbonyl (C=O) groups excluding carboxylic acids is 2. The van der Waals surface area contributed by atoms with E-state index in [0.29, 0.717) is 18.9 Å². The first-order chi connectivity index (χ1) is 14.1. The van der Waals surface area contributed by atoms with Crippen molar-refractivity contribution in [1.82, 2.24) is 15.6 Å². The van der Waals surface area contributed by atoms with E-state index in [-0.39, 0.29) is 29.7 Å². The molecule has 3 atom stereocenters. The summed E-state index contributed by atoms with van der Waals surface area (Å²) in [5.74, 6) is 0.194. The number of nitrogens with zero attached hydrogens (tertiary/aromatic N) is 1. The van der Waals surface area contributed by atoms with E-state index in [9.17, 15) is 9.59 Å². The fraction of sp³-hybridized carbons (Fsp3) is 0.609. The maximum atomic E-state index is 13.0. The summed E-state index contributed by atoms with van der Waals surface area (Å²) in [6.07, 6.45) is 1.21. The number of nitrogens with one attached hydrogen (secondary N) is 2. The SMILES string of the molecule is CC(C)C(=O)N[C@@H](Cc1nc2ccc(C(C)C)cc2s1)C(=O)N[C@@H](C)[C@@H](C)CCN. The first kappa shape index (κ1) is 24.3. The largest absolute Gasteiger partial charge is 0.352 e. The molecule has 166 valence electrons. The highest BCUT2D eigenvalue weighted by Crippen LogP contribution is 2.27. The Morgan fingerprint density at radius 3 is 2.37 bits per heavy atom. The van der Waals surface area contributed by atoms with E-state index in [1.54, 1.807) is 11.3 Å². The lowest BCUT2D eigenvalue weighted by Gasteiger charge is -2.25. The summed E-state index contributed by atoms with van der Waals surface area (Å²) in [6, 6.07) is 5.62. The molecular weight excluding hydrogens is 396 g/mol. The number of nitrogens with two attached hydrogens (primary N) is 1. The Balaban J connectivity index is 2.21. The van der Waals surface area contributed by atoms with Gasteiger partial charge in [-0.25, -0.2) is 4.98 Å². The lowest BCUT2D eigenvalue weighted by molar-refractivity contribution is -0.131. The second-order valence-corrected chi connectivity index (χ2v) is 9.88. The maximum Gasteiger partial charge on any atom is 0.243 e. The van der Waals surface area contributed by atoms with Gasteiger partial charge in [-0.3, -0.25) is 9.59 Å². The van der Waals surface area contributed by atoms with E-state index in [1.165, 1.54) is 5.56 Å². The van der Waals surface area contributed by atoms with Crippen LogP contribution < -0.4 is 16.4 Å². The molecule has 0 saturated carbocycles. The van der Waals surface area contributed by atoms with Gasteiger partial charge in [0.1, 0.15) is 6.04 Å². The molecule has 0 saturated heterocycles. The molecule has 0 aliphatic rings. The van der Waals surface area contributed by atoms with Crippen molar-refractivity contribution >= 4 is 33.4 Å². The lowest BCUT2D eigenvalue weighted by Crippen LogP contribution is -2.52. The molecule has 0 radical (unpaired) electrons. The zero-order valence-electron chi connectivity index (χ0n) is 19.0. The third-order valence-electron chi connectivity index (χ3n) is 5.51. The molecule has 1 heterocycles. The Morgan fingerprint density at radius 1 is 1.07 bits per heavy atom. The van der Waals surface area contributed by atoms with Gasteiger partial charge in [-0.1, -0.05) is 40.7 Å². The van der Waals surface area contributed by atoms with Crippen molar-refractivity contribution in [2.45, 2.75) is 72.4 Å². The van der Waals surface area contributed by atoms with Gasteiger partial charge in [-0.2, -0.15) is 0 Å². The van der Waals surface area contributed by atoms with Crippen molar-refractivity contribution in [3.05, 3.63) is 28.8 Å².